The quantitative estimate of drug-likeness (QED) is 0.901. The van der Waals surface area contributed by atoms with E-state index >= 15 is 0 Å². The van der Waals surface area contributed by atoms with Crippen molar-refractivity contribution in [2.24, 2.45) is 18.7 Å². The van der Waals surface area contributed by atoms with Gasteiger partial charge in [0.2, 0.25) is 0 Å². The van der Waals surface area contributed by atoms with E-state index in [1.165, 1.54) is 31.2 Å². The number of nitrogens with two attached hydrogens (primary N) is 1. The minimum atomic E-state index is 0.168. The van der Waals surface area contributed by atoms with Crippen molar-refractivity contribution >= 4 is 0 Å². The summed E-state index contributed by atoms with van der Waals surface area (Å²) < 4.78 is 1.88. The average Bonchev–Trinajstić information content (AvgIpc) is 2.85. The van der Waals surface area contributed by atoms with Crippen molar-refractivity contribution in [1.29, 1.82) is 0 Å². The molecule has 20 heavy (non-hydrogen) atoms. The normalized spacial score (nSPS) is 26.7. The second-order valence-electron chi connectivity index (χ2n) is 6.56. The number of aryl methyl sites for hydroxylation is 1. The third-order valence-corrected chi connectivity index (χ3v) is 4.87. The summed E-state index contributed by atoms with van der Waals surface area (Å²) in [7, 11) is 4.22. The van der Waals surface area contributed by atoms with E-state index in [1.807, 2.05) is 17.9 Å². The van der Waals surface area contributed by atoms with Crippen LogP contribution in [0, 0.1) is 5.92 Å². The van der Waals surface area contributed by atoms with Crippen molar-refractivity contribution in [2.75, 3.05) is 7.05 Å². The van der Waals surface area contributed by atoms with Gasteiger partial charge in [-0.15, -0.1) is 0 Å². The number of nitrogens with zero attached hydrogens (tertiary/aromatic N) is 3. The lowest BCUT2D eigenvalue weighted by molar-refractivity contribution is 0.102. The third kappa shape index (κ3) is 3.41. The Hall–Kier alpha value is -0.870. The van der Waals surface area contributed by atoms with E-state index < -0.39 is 0 Å². The highest BCUT2D eigenvalue weighted by Gasteiger charge is 2.31. The maximum absolute atomic E-state index is 6.42. The predicted molar refractivity (Wildman–Crippen MR) is 83.4 cm³/mol. The van der Waals surface area contributed by atoms with Crippen molar-refractivity contribution in [2.45, 2.75) is 64.1 Å². The van der Waals surface area contributed by atoms with Crippen LogP contribution >= 0.6 is 0 Å². The van der Waals surface area contributed by atoms with Gasteiger partial charge in [0, 0.05) is 30.9 Å². The molecule has 0 radical (unpaired) electrons. The van der Waals surface area contributed by atoms with E-state index in [0.717, 1.165) is 12.3 Å². The lowest BCUT2D eigenvalue weighted by Gasteiger charge is -2.40. The highest BCUT2D eigenvalue weighted by molar-refractivity contribution is 5.14. The molecule has 1 aliphatic rings. The highest BCUT2D eigenvalue weighted by atomic mass is 15.3. The smallest absolute Gasteiger partial charge is 0.0538 e. The maximum atomic E-state index is 6.42. The monoisotopic (exact) mass is 278 g/mol. The summed E-state index contributed by atoms with van der Waals surface area (Å²) in [6.45, 7) is 4.55. The SMILES string of the molecule is CCC(N)C(c1cnn(C)c1)N(C)C1CCCC(C)C1. The zero-order valence-corrected chi connectivity index (χ0v) is 13.4. The lowest BCUT2D eigenvalue weighted by Crippen LogP contribution is -2.45. The first-order valence-corrected chi connectivity index (χ1v) is 7.99. The number of hydrogen-bond donors (Lipinski definition) is 1. The van der Waals surface area contributed by atoms with E-state index in [4.69, 9.17) is 5.73 Å². The second kappa shape index (κ2) is 6.72. The molecule has 0 saturated heterocycles. The molecule has 0 aliphatic heterocycles. The standard InChI is InChI=1S/C16H30N4/c1-5-15(17)16(13-10-18-19(3)11-13)20(4)14-8-6-7-12(2)9-14/h10-12,14-16H,5-9,17H2,1-4H3. The van der Waals surface area contributed by atoms with Gasteiger partial charge in [0.25, 0.3) is 0 Å². The van der Waals surface area contributed by atoms with Gasteiger partial charge in [0.15, 0.2) is 0 Å². The Kier molecular flexibility index (Phi) is 5.22. The Morgan fingerprint density at radius 3 is 2.80 bits per heavy atom. The summed E-state index contributed by atoms with van der Waals surface area (Å²) in [5, 5.41) is 4.33. The van der Waals surface area contributed by atoms with Crippen molar-refractivity contribution in [3.8, 4) is 0 Å². The van der Waals surface area contributed by atoms with Crippen molar-refractivity contribution in [3.05, 3.63) is 18.0 Å². The van der Waals surface area contributed by atoms with Crippen LogP contribution in [0.15, 0.2) is 12.4 Å². The molecule has 0 amide bonds. The largest absolute Gasteiger partial charge is 0.326 e. The molecule has 4 unspecified atom stereocenters. The van der Waals surface area contributed by atoms with Crippen LogP contribution in [-0.4, -0.2) is 33.8 Å². The summed E-state index contributed by atoms with van der Waals surface area (Å²) in [5.74, 6) is 0.837. The van der Waals surface area contributed by atoms with E-state index in [9.17, 15) is 0 Å². The minimum absolute atomic E-state index is 0.168. The molecule has 4 atom stereocenters. The van der Waals surface area contributed by atoms with Gasteiger partial charge in [0.1, 0.15) is 0 Å². The molecule has 1 fully saturated rings. The van der Waals surface area contributed by atoms with Crippen molar-refractivity contribution in [1.82, 2.24) is 14.7 Å². The number of rotatable bonds is 5. The molecule has 1 aromatic rings. The molecule has 0 bridgehead atoms. The molecule has 2 rings (SSSR count). The number of aromatic nitrogens is 2. The Morgan fingerprint density at radius 1 is 1.50 bits per heavy atom. The number of likely N-dealkylation sites (N-methyl/N-ethyl adjacent to an activating group) is 1. The van der Waals surface area contributed by atoms with Crippen LogP contribution in [0.1, 0.15) is 57.6 Å². The first-order chi connectivity index (χ1) is 9.52. The Balaban J connectivity index is 2.17. The third-order valence-electron chi connectivity index (χ3n) is 4.87. The lowest BCUT2D eigenvalue weighted by atomic mass is 9.85. The molecule has 0 spiro atoms. The fourth-order valence-corrected chi connectivity index (χ4v) is 3.60. The van der Waals surface area contributed by atoms with Crippen LogP contribution < -0.4 is 5.73 Å². The van der Waals surface area contributed by atoms with Crippen molar-refractivity contribution < 1.29 is 0 Å². The van der Waals surface area contributed by atoms with Crippen LogP contribution in [-0.2, 0) is 7.05 Å². The van der Waals surface area contributed by atoms with Gasteiger partial charge >= 0.3 is 0 Å². The fourth-order valence-electron chi connectivity index (χ4n) is 3.60. The van der Waals surface area contributed by atoms with Gasteiger partial charge in [-0.2, -0.15) is 5.10 Å². The van der Waals surface area contributed by atoms with E-state index in [0.29, 0.717) is 6.04 Å². The summed E-state index contributed by atoms with van der Waals surface area (Å²) >= 11 is 0. The Bertz CT molecular complexity index is 414. The molecule has 1 aromatic heterocycles. The second-order valence-corrected chi connectivity index (χ2v) is 6.56. The van der Waals surface area contributed by atoms with Crippen LogP contribution in [0.4, 0.5) is 0 Å². The molecule has 1 saturated carbocycles. The first kappa shape index (κ1) is 15.5. The molecule has 4 heteroatoms. The zero-order chi connectivity index (χ0) is 14.7. The zero-order valence-electron chi connectivity index (χ0n) is 13.4. The molecule has 114 valence electrons. The highest BCUT2D eigenvalue weighted by Crippen LogP contribution is 2.33. The molecule has 1 aliphatic carbocycles. The van der Waals surface area contributed by atoms with Crippen LogP contribution in [0.2, 0.25) is 0 Å². The molecule has 0 aromatic carbocycles. The summed E-state index contributed by atoms with van der Waals surface area (Å²) in [6.07, 6.45) is 10.4. The predicted octanol–water partition coefficient (Wildman–Crippen LogP) is 2.71. The average molecular weight is 278 g/mol. The van der Waals surface area contributed by atoms with Crippen molar-refractivity contribution in [3.63, 3.8) is 0 Å². The molecular formula is C16H30N4. The van der Waals surface area contributed by atoms with Crippen LogP contribution in [0.5, 0.6) is 0 Å². The maximum Gasteiger partial charge on any atom is 0.0538 e. The van der Waals surface area contributed by atoms with Gasteiger partial charge in [-0.05, 0) is 32.2 Å². The van der Waals surface area contributed by atoms with Gasteiger partial charge in [-0.1, -0.05) is 26.7 Å². The van der Waals surface area contributed by atoms with Gasteiger partial charge in [-0.25, -0.2) is 0 Å². The van der Waals surface area contributed by atoms with E-state index in [1.54, 1.807) is 0 Å². The molecular weight excluding hydrogens is 248 g/mol. The summed E-state index contributed by atoms with van der Waals surface area (Å²) in [4.78, 5) is 2.51. The molecule has 4 nitrogen and oxygen atoms in total. The van der Waals surface area contributed by atoms with Gasteiger partial charge in [-0.3, -0.25) is 9.58 Å². The van der Waals surface area contributed by atoms with Gasteiger partial charge in [0.05, 0.1) is 12.2 Å². The Labute approximate surface area is 123 Å². The van der Waals surface area contributed by atoms with Crippen LogP contribution in [0.3, 0.4) is 0 Å². The van der Waals surface area contributed by atoms with E-state index in [2.05, 4.69) is 37.1 Å². The molecule has 1 heterocycles. The fraction of sp³-hybridized carbons (Fsp3) is 0.812. The minimum Gasteiger partial charge on any atom is -0.326 e. The number of hydrogen-bond acceptors (Lipinski definition) is 3. The summed E-state index contributed by atoms with van der Waals surface area (Å²) in [6, 6.07) is 1.10. The van der Waals surface area contributed by atoms with Crippen LogP contribution in [0.25, 0.3) is 0 Å². The van der Waals surface area contributed by atoms with Gasteiger partial charge < -0.3 is 5.73 Å². The van der Waals surface area contributed by atoms with E-state index in [-0.39, 0.29) is 12.1 Å². The Morgan fingerprint density at radius 2 is 2.25 bits per heavy atom. The topological polar surface area (TPSA) is 47.1 Å². The first-order valence-electron chi connectivity index (χ1n) is 7.99. The summed E-state index contributed by atoms with van der Waals surface area (Å²) in [5.41, 5.74) is 7.67. The molecule has 2 N–H and O–H groups in total.